The van der Waals surface area contributed by atoms with Gasteiger partial charge in [0.15, 0.2) is 0 Å². The average Bonchev–Trinajstić information content (AvgIpc) is 3.05. The van der Waals surface area contributed by atoms with Crippen LogP contribution >= 0.6 is 38.9 Å². The predicted octanol–water partition coefficient (Wildman–Crippen LogP) is 4.17. The summed E-state index contributed by atoms with van der Waals surface area (Å²) in [5.41, 5.74) is 0.885. The van der Waals surface area contributed by atoms with Crippen molar-refractivity contribution in [2.24, 2.45) is 5.92 Å². The fraction of sp³-hybridized carbons (Fsp3) is 0.353. The third kappa shape index (κ3) is 5.79. The van der Waals surface area contributed by atoms with E-state index in [-0.39, 0.29) is 16.0 Å². The molecule has 0 saturated carbocycles. The summed E-state index contributed by atoms with van der Waals surface area (Å²) in [6.45, 7) is 4.06. The molecular weight excluding hydrogens is 460 g/mol. The number of carbonyl (C=O) groups is 1. The van der Waals surface area contributed by atoms with Crippen LogP contribution in [0.4, 0.5) is 0 Å². The second kappa shape index (κ2) is 9.32. The standard InChI is InChI=1S/C17H20BrClN2O3S2/c1-3-11(2)16(21-26(23,24)15-9-8-14(18)25-15)17(22)20-10-12-4-6-13(19)7-5-12/h4-9,11,16,21H,3,10H2,1-2H3,(H,20,22)/t11-,16-/m0/s1. The highest BCUT2D eigenvalue weighted by Crippen LogP contribution is 2.26. The molecule has 0 bridgehead atoms. The Morgan fingerprint density at radius 1 is 1.23 bits per heavy atom. The van der Waals surface area contributed by atoms with Crippen molar-refractivity contribution in [3.63, 3.8) is 0 Å². The average molecular weight is 480 g/mol. The van der Waals surface area contributed by atoms with E-state index in [0.29, 0.717) is 21.8 Å². The summed E-state index contributed by atoms with van der Waals surface area (Å²) in [5.74, 6) is -0.508. The highest BCUT2D eigenvalue weighted by Gasteiger charge is 2.30. The van der Waals surface area contributed by atoms with Crippen LogP contribution in [0.15, 0.2) is 44.4 Å². The third-order valence-electron chi connectivity index (χ3n) is 3.97. The minimum Gasteiger partial charge on any atom is -0.351 e. The Morgan fingerprint density at radius 3 is 2.42 bits per heavy atom. The van der Waals surface area contributed by atoms with E-state index >= 15 is 0 Å². The maximum atomic E-state index is 12.6. The summed E-state index contributed by atoms with van der Waals surface area (Å²) in [4.78, 5) is 12.6. The number of thiophene rings is 1. The SMILES string of the molecule is CC[C@H](C)[C@H](NS(=O)(=O)c1ccc(Br)s1)C(=O)NCc1ccc(Cl)cc1. The first kappa shape index (κ1) is 21.4. The molecule has 2 rings (SSSR count). The van der Waals surface area contributed by atoms with Crippen molar-refractivity contribution in [2.75, 3.05) is 0 Å². The molecule has 9 heteroatoms. The maximum absolute atomic E-state index is 12.6. The number of halogens is 2. The fourth-order valence-corrected chi connectivity index (χ4v) is 5.69. The number of sulfonamides is 1. The molecule has 2 atom stereocenters. The second-order valence-corrected chi connectivity index (χ2v) is 10.7. The molecular formula is C17H20BrClN2O3S2. The van der Waals surface area contributed by atoms with E-state index in [9.17, 15) is 13.2 Å². The lowest BCUT2D eigenvalue weighted by atomic mass is 9.99. The van der Waals surface area contributed by atoms with E-state index in [1.807, 2.05) is 26.0 Å². The molecule has 0 fully saturated rings. The van der Waals surface area contributed by atoms with Crippen LogP contribution in [0.1, 0.15) is 25.8 Å². The maximum Gasteiger partial charge on any atom is 0.250 e. The van der Waals surface area contributed by atoms with Gasteiger partial charge < -0.3 is 5.32 Å². The largest absolute Gasteiger partial charge is 0.351 e. The van der Waals surface area contributed by atoms with Crippen LogP contribution in [0.3, 0.4) is 0 Å². The van der Waals surface area contributed by atoms with Crippen LogP contribution < -0.4 is 10.0 Å². The molecule has 1 amide bonds. The summed E-state index contributed by atoms with van der Waals surface area (Å²) in [6.07, 6.45) is 0.662. The van der Waals surface area contributed by atoms with Crippen molar-refractivity contribution in [3.8, 4) is 0 Å². The number of hydrogen-bond donors (Lipinski definition) is 2. The predicted molar refractivity (Wildman–Crippen MR) is 109 cm³/mol. The topological polar surface area (TPSA) is 75.3 Å². The lowest BCUT2D eigenvalue weighted by molar-refractivity contribution is -0.124. The molecule has 0 aliphatic carbocycles. The Kier molecular flexibility index (Phi) is 7.66. The van der Waals surface area contributed by atoms with Crippen LogP contribution in [0, 0.1) is 5.92 Å². The van der Waals surface area contributed by atoms with Gasteiger partial charge in [0.25, 0.3) is 10.0 Å². The second-order valence-electron chi connectivity index (χ2n) is 5.89. The van der Waals surface area contributed by atoms with Gasteiger partial charge >= 0.3 is 0 Å². The van der Waals surface area contributed by atoms with Crippen molar-refractivity contribution in [1.82, 2.24) is 10.0 Å². The fourth-order valence-electron chi connectivity index (χ4n) is 2.23. The van der Waals surface area contributed by atoms with E-state index in [1.54, 1.807) is 18.2 Å². The van der Waals surface area contributed by atoms with E-state index in [4.69, 9.17) is 11.6 Å². The highest BCUT2D eigenvalue weighted by atomic mass is 79.9. The van der Waals surface area contributed by atoms with Gasteiger partial charge in [-0.1, -0.05) is 44.0 Å². The van der Waals surface area contributed by atoms with Crippen molar-refractivity contribution in [2.45, 2.75) is 37.1 Å². The number of nitrogens with one attached hydrogen (secondary N) is 2. The summed E-state index contributed by atoms with van der Waals surface area (Å²) in [6, 6.07) is 9.44. The minimum absolute atomic E-state index is 0.154. The lowest BCUT2D eigenvalue weighted by Gasteiger charge is -2.23. The van der Waals surface area contributed by atoms with E-state index in [2.05, 4.69) is 26.0 Å². The first-order chi connectivity index (χ1) is 12.2. The molecule has 0 aliphatic heterocycles. The van der Waals surface area contributed by atoms with Gasteiger partial charge in [-0.3, -0.25) is 4.79 Å². The Labute approximate surface area is 171 Å². The Morgan fingerprint density at radius 2 is 1.88 bits per heavy atom. The van der Waals surface area contributed by atoms with Gasteiger partial charge in [-0.05, 0) is 51.7 Å². The molecule has 0 aliphatic rings. The molecule has 142 valence electrons. The first-order valence-electron chi connectivity index (χ1n) is 8.02. The van der Waals surface area contributed by atoms with E-state index in [0.717, 1.165) is 16.9 Å². The molecule has 26 heavy (non-hydrogen) atoms. The Bertz CT molecular complexity index is 853. The van der Waals surface area contributed by atoms with Gasteiger partial charge in [0.05, 0.1) is 3.79 Å². The van der Waals surface area contributed by atoms with Gasteiger partial charge in [-0.15, -0.1) is 11.3 Å². The Balaban J connectivity index is 2.10. The van der Waals surface area contributed by atoms with E-state index < -0.39 is 16.1 Å². The number of hydrogen-bond acceptors (Lipinski definition) is 4. The zero-order chi connectivity index (χ0) is 19.3. The van der Waals surface area contributed by atoms with Crippen LogP contribution in [0.5, 0.6) is 0 Å². The smallest absolute Gasteiger partial charge is 0.250 e. The molecule has 0 radical (unpaired) electrons. The summed E-state index contributed by atoms with van der Waals surface area (Å²) in [5, 5.41) is 3.42. The highest BCUT2D eigenvalue weighted by molar-refractivity contribution is 9.11. The first-order valence-corrected chi connectivity index (χ1v) is 11.5. The Hall–Kier alpha value is -0.930. The molecule has 1 aromatic heterocycles. The van der Waals surface area contributed by atoms with Crippen molar-refractivity contribution < 1.29 is 13.2 Å². The van der Waals surface area contributed by atoms with Crippen molar-refractivity contribution >= 4 is 54.8 Å². The molecule has 5 nitrogen and oxygen atoms in total. The molecule has 1 heterocycles. The van der Waals surface area contributed by atoms with E-state index in [1.165, 1.54) is 6.07 Å². The number of amides is 1. The lowest BCUT2D eigenvalue weighted by Crippen LogP contribution is -2.49. The molecule has 0 spiro atoms. The molecule has 1 aromatic carbocycles. The van der Waals surface area contributed by atoms with Crippen molar-refractivity contribution in [1.29, 1.82) is 0 Å². The number of benzene rings is 1. The van der Waals surface area contributed by atoms with Gasteiger partial charge in [-0.2, -0.15) is 4.72 Å². The van der Waals surface area contributed by atoms with Crippen LogP contribution in [-0.4, -0.2) is 20.4 Å². The molecule has 2 aromatic rings. The zero-order valence-electron chi connectivity index (χ0n) is 14.3. The molecule has 2 N–H and O–H groups in total. The van der Waals surface area contributed by atoms with Crippen LogP contribution in [0.2, 0.25) is 5.02 Å². The quantitative estimate of drug-likeness (QED) is 0.596. The summed E-state index contributed by atoms with van der Waals surface area (Å²) >= 11 is 10.2. The van der Waals surface area contributed by atoms with Gasteiger partial charge in [0, 0.05) is 11.6 Å². The third-order valence-corrected chi connectivity index (χ3v) is 7.78. The van der Waals surface area contributed by atoms with Crippen LogP contribution in [-0.2, 0) is 21.4 Å². The number of rotatable bonds is 8. The van der Waals surface area contributed by atoms with Crippen LogP contribution in [0.25, 0.3) is 0 Å². The number of carbonyl (C=O) groups excluding carboxylic acids is 1. The van der Waals surface area contributed by atoms with Gasteiger partial charge in [0.1, 0.15) is 10.3 Å². The summed E-state index contributed by atoms with van der Waals surface area (Å²) in [7, 11) is -3.77. The van der Waals surface area contributed by atoms with Crippen molar-refractivity contribution in [3.05, 3.63) is 50.8 Å². The molecule has 0 unspecified atom stereocenters. The monoisotopic (exact) mass is 478 g/mol. The normalized spacial score (nSPS) is 14.0. The zero-order valence-corrected chi connectivity index (χ0v) is 18.3. The molecule has 0 saturated heterocycles. The van der Waals surface area contributed by atoms with Gasteiger partial charge in [-0.25, -0.2) is 8.42 Å². The minimum atomic E-state index is -3.77. The van der Waals surface area contributed by atoms with Gasteiger partial charge in [0.2, 0.25) is 5.91 Å². The summed E-state index contributed by atoms with van der Waals surface area (Å²) < 4.78 is 28.6.